The van der Waals surface area contributed by atoms with Crippen LogP contribution in [0.25, 0.3) is 0 Å². The van der Waals surface area contributed by atoms with Gasteiger partial charge in [0.1, 0.15) is 0 Å². The summed E-state index contributed by atoms with van der Waals surface area (Å²) in [4.78, 5) is 2.35. The van der Waals surface area contributed by atoms with Gasteiger partial charge in [-0.05, 0) is 43.6 Å². The van der Waals surface area contributed by atoms with Crippen molar-refractivity contribution < 1.29 is 8.78 Å². The molecule has 0 amide bonds. The highest BCUT2D eigenvalue weighted by Crippen LogP contribution is 2.16. The summed E-state index contributed by atoms with van der Waals surface area (Å²) >= 11 is 0. The first-order chi connectivity index (χ1) is 8.70. The number of hydrogen-bond donors (Lipinski definition) is 1. The van der Waals surface area contributed by atoms with E-state index >= 15 is 0 Å². The van der Waals surface area contributed by atoms with E-state index in [1.54, 1.807) is 6.07 Å². The normalized spacial score (nSPS) is 18.6. The molecule has 2 rings (SSSR count). The third-order valence-corrected chi connectivity index (χ3v) is 3.43. The molecular formula is C14H21ClF2N2. The standard InChI is InChI=1S/C14H20F2N2.ClH/c1-2-7-18(12-5-6-17-9-12)10-11-3-4-13(15)14(16)8-11;/h3-4,8,12,17H,2,5-7,9-10H2,1H3;1H. The zero-order chi connectivity index (χ0) is 13.0. The van der Waals surface area contributed by atoms with Crippen LogP contribution in [0.15, 0.2) is 18.2 Å². The fourth-order valence-corrected chi connectivity index (χ4v) is 2.50. The van der Waals surface area contributed by atoms with E-state index in [2.05, 4.69) is 17.1 Å². The summed E-state index contributed by atoms with van der Waals surface area (Å²) in [6, 6.07) is 4.70. The number of rotatable bonds is 5. The van der Waals surface area contributed by atoms with Crippen molar-refractivity contribution >= 4 is 12.4 Å². The van der Waals surface area contributed by atoms with E-state index < -0.39 is 11.6 Å². The van der Waals surface area contributed by atoms with Crippen molar-refractivity contribution in [1.29, 1.82) is 0 Å². The van der Waals surface area contributed by atoms with Crippen LogP contribution in [0.2, 0.25) is 0 Å². The number of nitrogens with one attached hydrogen (secondary N) is 1. The maximum absolute atomic E-state index is 13.2. The first kappa shape index (κ1) is 16.3. The first-order valence-electron chi connectivity index (χ1n) is 6.59. The van der Waals surface area contributed by atoms with Gasteiger partial charge in [0.15, 0.2) is 11.6 Å². The maximum Gasteiger partial charge on any atom is 0.159 e. The zero-order valence-electron chi connectivity index (χ0n) is 11.2. The Morgan fingerprint density at radius 1 is 1.32 bits per heavy atom. The van der Waals surface area contributed by atoms with Gasteiger partial charge in [0.2, 0.25) is 0 Å². The fraction of sp³-hybridized carbons (Fsp3) is 0.571. The molecule has 1 heterocycles. The second kappa shape index (κ2) is 7.78. The molecule has 0 aliphatic carbocycles. The highest BCUT2D eigenvalue weighted by Gasteiger charge is 2.21. The summed E-state index contributed by atoms with van der Waals surface area (Å²) in [7, 11) is 0. The van der Waals surface area contributed by atoms with Crippen LogP contribution in [0.1, 0.15) is 25.3 Å². The Balaban J connectivity index is 0.00000180. The van der Waals surface area contributed by atoms with Crippen molar-refractivity contribution in [2.45, 2.75) is 32.4 Å². The second-order valence-electron chi connectivity index (χ2n) is 4.87. The summed E-state index contributed by atoms with van der Waals surface area (Å²) in [5.74, 6) is -1.53. The topological polar surface area (TPSA) is 15.3 Å². The number of hydrogen-bond acceptors (Lipinski definition) is 2. The Morgan fingerprint density at radius 3 is 2.68 bits per heavy atom. The lowest BCUT2D eigenvalue weighted by Gasteiger charge is -2.28. The van der Waals surface area contributed by atoms with Gasteiger partial charge in [0.25, 0.3) is 0 Å². The molecule has 2 nitrogen and oxygen atoms in total. The van der Waals surface area contributed by atoms with Crippen LogP contribution >= 0.6 is 12.4 Å². The summed E-state index contributed by atoms with van der Waals surface area (Å²) in [5, 5.41) is 3.34. The minimum atomic E-state index is -0.775. The number of benzene rings is 1. The molecule has 1 aliphatic rings. The van der Waals surface area contributed by atoms with Gasteiger partial charge in [-0.25, -0.2) is 8.78 Å². The molecule has 1 saturated heterocycles. The molecule has 1 N–H and O–H groups in total. The molecule has 1 unspecified atom stereocenters. The first-order valence-corrected chi connectivity index (χ1v) is 6.59. The predicted octanol–water partition coefficient (Wildman–Crippen LogP) is 2.96. The van der Waals surface area contributed by atoms with E-state index in [0.717, 1.165) is 38.0 Å². The Labute approximate surface area is 119 Å². The molecule has 5 heteroatoms. The highest BCUT2D eigenvalue weighted by atomic mass is 35.5. The third-order valence-electron chi connectivity index (χ3n) is 3.43. The monoisotopic (exact) mass is 290 g/mol. The molecule has 0 aromatic heterocycles. The average molecular weight is 291 g/mol. The smallest absolute Gasteiger partial charge is 0.159 e. The van der Waals surface area contributed by atoms with E-state index in [9.17, 15) is 8.78 Å². The van der Waals surface area contributed by atoms with Crippen molar-refractivity contribution in [3.63, 3.8) is 0 Å². The quantitative estimate of drug-likeness (QED) is 0.897. The zero-order valence-corrected chi connectivity index (χ0v) is 12.0. The van der Waals surface area contributed by atoms with Crippen LogP contribution in [-0.4, -0.2) is 30.6 Å². The SMILES string of the molecule is CCCN(Cc1ccc(F)c(F)c1)C1CCNC1.Cl. The highest BCUT2D eigenvalue weighted by molar-refractivity contribution is 5.85. The van der Waals surface area contributed by atoms with Crippen LogP contribution in [0.5, 0.6) is 0 Å². The summed E-state index contributed by atoms with van der Waals surface area (Å²) in [6.45, 7) is 5.86. The van der Waals surface area contributed by atoms with Crippen LogP contribution in [0.4, 0.5) is 8.78 Å². The van der Waals surface area contributed by atoms with Crippen molar-refractivity contribution in [3.8, 4) is 0 Å². The van der Waals surface area contributed by atoms with Crippen molar-refractivity contribution in [1.82, 2.24) is 10.2 Å². The molecule has 0 radical (unpaired) electrons. The van der Waals surface area contributed by atoms with E-state index in [1.165, 1.54) is 12.1 Å². The van der Waals surface area contributed by atoms with Gasteiger partial charge in [-0.2, -0.15) is 0 Å². The summed E-state index contributed by atoms with van der Waals surface area (Å²) in [6.07, 6.45) is 2.20. The van der Waals surface area contributed by atoms with Crippen LogP contribution in [0.3, 0.4) is 0 Å². The molecule has 1 aromatic rings. The molecular weight excluding hydrogens is 270 g/mol. The molecule has 0 bridgehead atoms. The minimum absolute atomic E-state index is 0. The van der Waals surface area contributed by atoms with Crippen molar-refractivity contribution in [3.05, 3.63) is 35.4 Å². The van der Waals surface area contributed by atoms with Gasteiger partial charge in [-0.15, -0.1) is 12.4 Å². The van der Waals surface area contributed by atoms with Crippen LogP contribution < -0.4 is 5.32 Å². The molecule has 0 spiro atoms. The van der Waals surface area contributed by atoms with Crippen LogP contribution in [-0.2, 0) is 6.54 Å². The minimum Gasteiger partial charge on any atom is -0.315 e. The van der Waals surface area contributed by atoms with Gasteiger partial charge in [-0.3, -0.25) is 4.90 Å². The van der Waals surface area contributed by atoms with Crippen molar-refractivity contribution in [2.24, 2.45) is 0 Å². The number of halogens is 3. The molecule has 1 fully saturated rings. The molecule has 1 aliphatic heterocycles. The van der Waals surface area contributed by atoms with Gasteiger partial charge in [-0.1, -0.05) is 13.0 Å². The van der Waals surface area contributed by atoms with Gasteiger partial charge < -0.3 is 5.32 Å². The van der Waals surface area contributed by atoms with E-state index in [0.29, 0.717) is 12.6 Å². The lowest BCUT2D eigenvalue weighted by molar-refractivity contribution is 0.199. The molecule has 1 aromatic carbocycles. The van der Waals surface area contributed by atoms with Crippen LogP contribution in [0, 0.1) is 11.6 Å². The Morgan fingerprint density at radius 2 is 2.11 bits per heavy atom. The van der Waals surface area contributed by atoms with Gasteiger partial charge in [0.05, 0.1) is 0 Å². The molecule has 19 heavy (non-hydrogen) atoms. The van der Waals surface area contributed by atoms with Gasteiger partial charge >= 0.3 is 0 Å². The fourth-order valence-electron chi connectivity index (χ4n) is 2.50. The third kappa shape index (κ3) is 4.41. The van der Waals surface area contributed by atoms with E-state index in [1.807, 2.05) is 0 Å². The largest absolute Gasteiger partial charge is 0.315 e. The molecule has 0 saturated carbocycles. The average Bonchev–Trinajstić information content (AvgIpc) is 2.87. The van der Waals surface area contributed by atoms with Crippen molar-refractivity contribution in [2.75, 3.05) is 19.6 Å². The second-order valence-corrected chi connectivity index (χ2v) is 4.87. The Bertz CT molecular complexity index is 395. The maximum atomic E-state index is 13.2. The lowest BCUT2D eigenvalue weighted by Crippen LogP contribution is -2.36. The van der Waals surface area contributed by atoms with E-state index in [-0.39, 0.29) is 12.4 Å². The number of nitrogens with zero attached hydrogens (tertiary/aromatic N) is 1. The van der Waals surface area contributed by atoms with E-state index in [4.69, 9.17) is 0 Å². The summed E-state index contributed by atoms with van der Waals surface area (Å²) < 4.78 is 26.1. The summed E-state index contributed by atoms with van der Waals surface area (Å²) in [5.41, 5.74) is 0.842. The Hall–Kier alpha value is -0.710. The van der Waals surface area contributed by atoms with Gasteiger partial charge in [0, 0.05) is 19.1 Å². The lowest BCUT2D eigenvalue weighted by atomic mass is 10.1. The Kier molecular flexibility index (Phi) is 6.69. The molecule has 108 valence electrons. The predicted molar refractivity (Wildman–Crippen MR) is 75.6 cm³/mol. The molecule has 1 atom stereocenters.